The molecule has 0 aliphatic rings. The molecule has 2 aromatic rings. The first-order valence-electron chi connectivity index (χ1n) is 6.48. The summed E-state index contributed by atoms with van der Waals surface area (Å²) in [4.78, 5) is 0.139. The van der Waals surface area contributed by atoms with Crippen molar-refractivity contribution >= 4 is 15.7 Å². The van der Waals surface area contributed by atoms with E-state index >= 15 is 0 Å². The molecule has 2 aromatic carbocycles. The smallest absolute Gasteiger partial charge is 0.242 e. The van der Waals surface area contributed by atoms with Crippen LogP contribution in [-0.4, -0.2) is 15.0 Å². The molecule has 0 saturated carbocycles. The molecule has 20 heavy (non-hydrogen) atoms. The van der Waals surface area contributed by atoms with Crippen LogP contribution in [0.2, 0.25) is 0 Å². The summed E-state index contributed by atoms with van der Waals surface area (Å²) < 4.78 is 26.7. The Morgan fingerprint density at radius 3 is 2.30 bits per heavy atom. The molecule has 106 valence electrons. The number of hydrogen-bond donors (Lipinski definition) is 2. The van der Waals surface area contributed by atoms with Crippen LogP contribution >= 0.6 is 0 Å². The van der Waals surface area contributed by atoms with Gasteiger partial charge in [0.15, 0.2) is 0 Å². The highest BCUT2D eigenvalue weighted by atomic mass is 32.2. The van der Waals surface area contributed by atoms with Crippen molar-refractivity contribution in [3.05, 3.63) is 60.2 Å². The van der Waals surface area contributed by atoms with E-state index in [0.29, 0.717) is 6.54 Å². The van der Waals surface area contributed by atoms with Gasteiger partial charge in [-0.25, -0.2) is 13.1 Å². The third kappa shape index (κ3) is 3.82. The third-order valence-electron chi connectivity index (χ3n) is 2.99. The summed E-state index contributed by atoms with van der Waals surface area (Å²) in [6, 6.07) is 16.4. The van der Waals surface area contributed by atoms with Gasteiger partial charge in [0.2, 0.25) is 10.0 Å². The first kappa shape index (κ1) is 14.6. The van der Waals surface area contributed by atoms with Crippen LogP contribution in [0.1, 0.15) is 12.0 Å². The van der Waals surface area contributed by atoms with E-state index in [1.165, 1.54) is 11.6 Å². The van der Waals surface area contributed by atoms with E-state index in [1.807, 2.05) is 30.3 Å². The van der Waals surface area contributed by atoms with Gasteiger partial charge >= 0.3 is 0 Å². The summed E-state index contributed by atoms with van der Waals surface area (Å²) in [6.07, 6.45) is 1.59. The molecule has 0 fully saturated rings. The molecular formula is C15H18N2O2S. The molecule has 0 radical (unpaired) electrons. The number of nitrogen functional groups attached to an aromatic ring is 1. The highest BCUT2D eigenvalue weighted by molar-refractivity contribution is 7.89. The first-order valence-corrected chi connectivity index (χ1v) is 7.96. The average Bonchev–Trinajstić information content (AvgIpc) is 2.45. The number of nitrogens with one attached hydrogen (secondary N) is 1. The topological polar surface area (TPSA) is 72.2 Å². The lowest BCUT2D eigenvalue weighted by atomic mass is 10.1. The number of benzene rings is 2. The number of sulfonamides is 1. The molecule has 0 heterocycles. The van der Waals surface area contributed by atoms with Crippen molar-refractivity contribution in [3.8, 4) is 0 Å². The number of anilines is 1. The maximum absolute atomic E-state index is 12.1. The lowest BCUT2D eigenvalue weighted by Gasteiger charge is -2.08. The van der Waals surface area contributed by atoms with E-state index in [2.05, 4.69) is 4.72 Å². The number of nitrogens with two attached hydrogens (primary N) is 1. The Hall–Kier alpha value is -1.85. The van der Waals surface area contributed by atoms with E-state index in [-0.39, 0.29) is 10.6 Å². The van der Waals surface area contributed by atoms with Crippen molar-refractivity contribution in [1.29, 1.82) is 0 Å². The van der Waals surface area contributed by atoms with Gasteiger partial charge in [-0.15, -0.1) is 0 Å². The molecule has 0 unspecified atom stereocenters. The predicted molar refractivity (Wildman–Crippen MR) is 80.8 cm³/mol. The van der Waals surface area contributed by atoms with Gasteiger partial charge in [-0.1, -0.05) is 42.5 Å². The van der Waals surface area contributed by atoms with Crippen molar-refractivity contribution in [3.63, 3.8) is 0 Å². The Labute approximate surface area is 119 Å². The minimum absolute atomic E-state index is 0.139. The zero-order valence-electron chi connectivity index (χ0n) is 11.1. The van der Waals surface area contributed by atoms with Gasteiger partial charge < -0.3 is 5.73 Å². The summed E-state index contributed by atoms with van der Waals surface area (Å²) in [5.74, 6) is 0. The molecule has 0 spiro atoms. The molecule has 0 bridgehead atoms. The Morgan fingerprint density at radius 2 is 1.60 bits per heavy atom. The van der Waals surface area contributed by atoms with Crippen LogP contribution in [0.15, 0.2) is 59.5 Å². The highest BCUT2D eigenvalue weighted by Gasteiger charge is 2.15. The number of hydrogen-bond acceptors (Lipinski definition) is 3. The fourth-order valence-electron chi connectivity index (χ4n) is 1.95. The third-order valence-corrected chi connectivity index (χ3v) is 4.52. The fourth-order valence-corrected chi connectivity index (χ4v) is 3.15. The maximum atomic E-state index is 12.1. The van der Waals surface area contributed by atoms with E-state index in [4.69, 9.17) is 5.73 Å². The van der Waals surface area contributed by atoms with E-state index in [9.17, 15) is 8.42 Å². The molecule has 0 aromatic heterocycles. The van der Waals surface area contributed by atoms with Crippen LogP contribution in [0.4, 0.5) is 5.69 Å². The zero-order valence-corrected chi connectivity index (χ0v) is 11.9. The molecule has 0 aliphatic heterocycles. The quantitative estimate of drug-likeness (QED) is 0.632. The van der Waals surface area contributed by atoms with Crippen LogP contribution in [0.25, 0.3) is 0 Å². The van der Waals surface area contributed by atoms with Gasteiger partial charge in [-0.05, 0) is 30.5 Å². The highest BCUT2D eigenvalue weighted by Crippen LogP contribution is 2.16. The summed E-state index contributed by atoms with van der Waals surface area (Å²) in [5, 5.41) is 0. The normalized spacial score (nSPS) is 11.4. The standard InChI is InChI=1S/C15H18N2O2S/c16-14-10-4-5-11-15(14)20(18,19)17-12-6-9-13-7-2-1-3-8-13/h1-5,7-8,10-11,17H,6,9,12,16H2. The second kappa shape index (κ2) is 6.54. The molecule has 2 rings (SSSR count). The van der Waals surface area contributed by atoms with Gasteiger partial charge in [0.05, 0.1) is 5.69 Å². The Kier molecular flexibility index (Phi) is 4.76. The number of aryl methyl sites for hydroxylation is 1. The molecule has 3 N–H and O–H groups in total. The monoisotopic (exact) mass is 290 g/mol. The molecular weight excluding hydrogens is 272 g/mol. The van der Waals surface area contributed by atoms with Crippen LogP contribution < -0.4 is 10.5 Å². The second-order valence-electron chi connectivity index (χ2n) is 4.52. The van der Waals surface area contributed by atoms with E-state index in [0.717, 1.165) is 12.8 Å². The van der Waals surface area contributed by atoms with Crippen molar-refractivity contribution in [2.24, 2.45) is 0 Å². The minimum atomic E-state index is -3.52. The van der Waals surface area contributed by atoms with Gasteiger partial charge in [-0.3, -0.25) is 0 Å². The van der Waals surface area contributed by atoms with Gasteiger partial charge in [-0.2, -0.15) is 0 Å². The minimum Gasteiger partial charge on any atom is -0.398 e. The van der Waals surface area contributed by atoms with Crippen molar-refractivity contribution in [2.45, 2.75) is 17.7 Å². The SMILES string of the molecule is Nc1ccccc1S(=O)(=O)NCCCc1ccccc1. The lowest BCUT2D eigenvalue weighted by molar-refractivity contribution is 0.579. The summed E-state index contributed by atoms with van der Waals surface area (Å²) >= 11 is 0. The number of rotatable bonds is 6. The molecule has 0 saturated heterocycles. The zero-order chi connectivity index (χ0) is 14.4. The van der Waals surface area contributed by atoms with Crippen LogP contribution in [0.5, 0.6) is 0 Å². The largest absolute Gasteiger partial charge is 0.398 e. The number of para-hydroxylation sites is 1. The second-order valence-corrected chi connectivity index (χ2v) is 6.26. The fraction of sp³-hybridized carbons (Fsp3) is 0.200. The summed E-state index contributed by atoms with van der Waals surface area (Å²) in [5.41, 5.74) is 7.15. The Bertz CT molecular complexity index is 655. The first-order chi connectivity index (χ1) is 9.59. The van der Waals surface area contributed by atoms with E-state index < -0.39 is 10.0 Å². The van der Waals surface area contributed by atoms with Gasteiger partial charge in [0, 0.05) is 6.54 Å². The summed E-state index contributed by atoms with van der Waals surface area (Å²) in [6.45, 7) is 0.394. The Morgan fingerprint density at radius 1 is 0.950 bits per heavy atom. The maximum Gasteiger partial charge on any atom is 0.242 e. The molecule has 4 nitrogen and oxygen atoms in total. The van der Waals surface area contributed by atoms with Crippen molar-refractivity contribution < 1.29 is 8.42 Å². The van der Waals surface area contributed by atoms with Crippen LogP contribution in [-0.2, 0) is 16.4 Å². The lowest BCUT2D eigenvalue weighted by Crippen LogP contribution is -2.25. The predicted octanol–water partition coefficient (Wildman–Crippen LogP) is 2.18. The molecule has 0 amide bonds. The van der Waals surface area contributed by atoms with Crippen LogP contribution in [0, 0.1) is 0 Å². The van der Waals surface area contributed by atoms with Gasteiger partial charge in [0.25, 0.3) is 0 Å². The van der Waals surface area contributed by atoms with Crippen LogP contribution in [0.3, 0.4) is 0 Å². The van der Waals surface area contributed by atoms with E-state index in [1.54, 1.807) is 18.2 Å². The Balaban J connectivity index is 1.89. The summed E-state index contributed by atoms with van der Waals surface area (Å²) in [7, 11) is -3.52. The molecule has 5 heteroatoms. The molecule has 0 aliphatic carbocycles. The van der Waals surface area contributed by atoms with Crippen molar-refractivity contribution in [1.82, 2.24) is 4.72 Å². The van der Waals surface area contributed by atoms with Crippen molar-refractivity contribution in [2.75, 3.05) is 12.3 Å². The molecule has 0 atom stereocenters. The average molecular weight is 290 g/mol. The van der Waals surface area contributed by atoms with Gasteiger partial charge in [0.1, 0.15) is 4.90 Å².